The Bertz CT molecular complexity index is 3110. The number of amides is 1. The van der Waals surface area contributed by atoms with E-state index in [1.165, 1.54) is 17.2 Å². The van der Waals surface area contributed by atoms with E-state index in [0.29, 0.717) is 61.7 Å². The molecule has 12 rings (SSSR count). The molecule has 18 nitrogen and oxygen atoms in total. The number of carbonyl (C=O) groups is 1. The topological polar surface area (TPSA) is 217 Å². The average molecular weight is 1040 g/mol. The van der Waals surface area contributed by atoms with Crippen LogP contribution in [0.5, 0.6) is 11.6 Å². The highest BCUT2D eigenvalue weighted by Crippen LogP contribution is 2.56. The predicted octanol–water partition coefficient (Wildman–Crippen LogP) is 8.12. The first kappa shape index (κ1) is 48.9. The van der Waals surface area contributed by atoms with Crippen LogP contribution >= 0.6 is 0 Å². The number of aromatic amines is 1. The number of nitrogens with zero attached hydrogens (tertiary/aromatic N) is 5. The minimum atomic E-state index is -4.86. The fourth-order valence-electron chi connectivity index (χ4n) is 13.1. The number of anilines is 4. The summed E-state index contributed by atoms with van der Waals surface area (Å²) in [5.74, 6) is -0.403. The van der Waals surface area contributed by atoms with Gasteiger partial charge >= 0.3 is 0 Å². The van der Waals surface area contributed by atoms with Crippen LogP contribution in [0, 0.1) is 15.5 Å². The van der Waals surface area contributed by atoms with Crippen molar-refractivity contribution in [2.75, 3.05) is 81.0 Å². The van der Waals surface area contributed by atoms with E-state index in [9.17, 15) is 14.9 Å². The van der Waals surface area contributed by atoms with Crippen molar-refractivity contribution in [3.05, 3.63) is 93.7 Å². The molecular weight excluding hydrogens is 972 g/mol. The lowest BCUT2D eigenvalue weighted by atomic mass is 9.59. The molecule has 0 bridgehead atoms. The summed E-state index contributed by atoms with van der Waals surface area (Å²) >= 11 is 0. The van der Waals surface area contributed by atoms with Crippen LogP contribution in [-0.4, -0.2) is 130 Å². The maximum absolute atomic E-state index is 16.4. The number of sulfone groups is 1. The van der Waals surface area contributed by atoms with Crippen LogP contribution < -0.4 is 30.3 Å². The van der Waals surface area contributed by atoms with Crippen LogP contribution in [0.15, 0.2) is 76.7 Å². The second kappa shape index (κ2) is 18.9. The highest BCUT2D eigenvalue weighted by molar-refractivity contribution is 7.91. The molecule has 8 heterocycles. The Hall–Kier alpha value is -6.06. The number of halogens is 1. The van der Waals surface area contributed by atoms with Crippen LogP contribution in [0.2, 0.25) is 0 Å². The summed E-state index contributed by atoms with van der Waals surface area (Å²) in [5, 5.41) is 16.8. The number of hydrogen-bond donors (Lipinski definition) is 3. The normalized spacial score (nSPS) is 24.9. The third kappa shape index (κ3) is 8.40. The van der Waals surface area contributed by atoms with Gasteiger partial charge in [-0.15, -0.1) is 0 Å². The number of aromatic nitrogens is 2. The third-order valence-electron chi connectivity index (χ3n) is 17.1. The summed E-state index contributed by atoms with van der Waals surface area (Å²) in [5.41, 5.74) is 7.76. The first-order valence-corrected chi connectivity index (χ1v) is 27.6. The number of pyridine rings is 1. The number of ether oxygens (including phenoxy) is 5. The number of primary amides is 1. The number of H-pyrrole nitrogens is 1. The maximum Gasteiger partial charge on any atom is 0.297 e. The van der Waals surface area contributed by atoms with E-state index in [4.69, 9.17) is 34.4 Å². The van der Waals surface area contributed by atoms with Gasteiger partial charge in [0.2, 0.25) is 15.7 Å². The fourth-order valence-corrected chi connectivity index (χ4v) is 14.8. The van der Waals surface area contributed by atoms with Crippen molar-refractivity contribution < 1.29 is 46.2 Å². The van der Waals surface area contributed by atoms with Crippen LogP contribution in [0.4, 0.5) is 32.8 Å². The van der Waals surface area contributed by atoms with Crippen LogP contribution in [0.25, 0.3) is 11.0 Å². The number of carbonyl (C=O) groups excluding carboxylic acids is 1. The number of nitro benzene ring substituents is 1. The molecule has 5 fully saturated rings. The van der Waals surface area contributed by atoms with Crippen molar-refractivity contribution in [3.8, 4) is 11.6 Å². The molecule has 5 aromatic rings. The molecule has 74 heavy (non-hydrogen) atoms. The van der Waals surface area contributed by atoms with Crippen molar-refractivity contribution in [2.45, 2.75) is 117 Å². The Morgan fingerprint density at radius 1 is 0.932 bits per heavy atom. The summed E-state index contributed by atoms with van der Waals surface area (Å²) in [7, 11) is -4.86. The van der Waals surface area contributed by atoms with E-state index in [1.807, 2.05) is 17.0 Å². The van der Waals surface area contributed by atoms with E-state index < -0.39 is 55.1 Å². The Morgan fingerprint density at radius 3 is 2.49 bits per heavy atom. The van der Waals surface area contributed by atoms with Crippen molar-refractivity contribution in [2.24, 2.45) is 11.1 Å². The molecule has 0 radical (unpaired) electrons. The smallest absolute Gasteiger partial charge is 0.297 e. The molecule has 4 atom stereocenters. The molecule has 1 amide bonds. The standard InChI is InChI=1S/C54H63FN8O10S/c1-32(2)36-6-3-4-7-37(36)43-29-70-20-5-17-61(43)34-27-53(28-34)12-18-60(19-13-53)40-9-8-38(50(56)64)48(62-39-11-21-71-30-45(39)73-52-42(62)24-33-10-16-57-51(33)59-52)49(40)74(67,68)35-25-41(63(65)66)47-44(26-35)72-31-46(58-47)54(55)14-22-69-23-15-54/h3-4,6-10,16,24-26,32,34,39,43,45-46,58H,5,11-15,17-23,27-31H2,1-2H3,(H2,56,64)(H,57,59)/t39-,43-,45-,46-/m0/s1. The number of alkyl halides is 1. The van der Waals surface area contributed by atoms with Crippen LogP contribution in [-0.2, 0) is 24.0 Å². The number of hydrogen-bond acceptors (Lipinski definition) is 15. The van der Waals surface area contributed by atoms with E-state index in [0.717, 1.165) is 56.7 Å². The average Bonchev–Trinajstić information content (AvgIpc) is 3.73. The third-order valence-corrected chi connectivity index (χ3v) is 18.9. The lowest BCUT2D eigenvalue weighted by molar-refractivity contribution is -0.384. The number of fused-ring (bicyclic) bond motifs is 4. The summed E-state index contributed by atoms with van der Waals surface area (Å²) < 4.78 is 78.9. The molecule has 3 aromatic carbocycles. The maximum atomic E-state index is 16.4. The first-order chi connectivity index (χ1) is 35.7. The molecule has 1 aliphatic carbocycles. The van der Waals surface area contributed by atoms with Gasteiger partial charge in [-0.05, 0) is 85.3 Å². The van der Waals surface area contributed by atoms with E-state index in [1.54, 1.807) is 18.3 Å². The molecule has 7 aliphatic rings. The van der Waals surface area contributed by atoms with Crippen molar-refractivity contribution >= 4 is 55.2 Å². The second-order valence-electron chi connectivity index (χ2n) is 21.6. The fraction of sp³-hybridized carbons (Fsp3) is 0.519. The molecular formula is C54H63FN8O10S. The minimum Gasteiger partial charge on any atom is -0.489 e. The quantitative estimate of drug-likeness (QED) is 0.0889. The number of piperidine rings is 1. The van der Waals surface area contributed by atoms with Gasteiger partial charge in [0.05, 0.1) is 58.1 Å². The van der Waals surface area contributed by atoms with Gasteiger partial charge in [0, 0.05) is 88.7 Å². The molecule has 20 heteroatoms. The highest BCUT2D eigenvalue weighted by atomic mass is 32.2. The molecule has 6 aliphatic heterocycles. The molecule has 4 saturated heterocycles. The van der Waals surface area contributed by atoms with E-state index in [-0.39, 0.29) is 84.2 Å². The van der Waals surface area contributed by atoms with E-state index in [2.05, 4.69) is 58.2 Å². The predicted molar refractivity (Wildman–Crippen MR) is 274 cm³/mol. The first-order valence-electron chi connectivity index (χ1n) is 26.1. The van der Waals surface area contributed by atoms with Crippen LogP contribution in [0.3, 0.4) is 0 Å². The molecule has 1 spiro atoms. The van der Waals surface area contributed by atoms with Gasteiger partial charge in [-0.3, -0.25) is 19.8 Å². The monoisotopic (exact) mass is 1030 g/mol. The number of rotatable bonds is 10. The van der Waals surface area contributed by atoms with Gasteiger partial charge in [0.25, 0.3) is 11.6 Å². The SMILES string of the molecule is CC(C)c1ccccc1[C@@H]1COCCCN1C1CC2(CCN(c3ccc(C(N)=O)c(N4c5cc6cc[nH]c6nc5O[C@H]5COCC[C@@H]54)c3S(=O)(=O)c3cc4c(c([N+](=O)[O-])c3)N[C@H](C3(F)CCOCC3)CO4)CC2)C1. The van der Waals surface area contributed by atoms with Crippen molar-refractivity contribution in [1.29, 1.82) is 0 Å². The Balaban J connectivity index is 0.949. The van der Waals surface area contributed by atoms with Gasteiger partial charge in [-0.25, -0.2) is 12.8 Å². The zero-order valence-corrected chi connectivity index (χ0v) is 42.5. The number of benzene rings is 3. The second-order valence-corrected chi connectivity index (χ2v) is 23.5. The lowest BCUT2D eigenvalue weighted by Gasteiger charge is -2.57. The number of nitrogens with two attached hydrogens (primary N) is 1. The number of nitro groups is 1. The van der Waals surface area contributed by atoms with Gasteiger partial charge in [0.1, 0.15) is 34.6 Å². The lowest BCUT2D eigenvalue weighted by Crippen LogP contribution is -2.56. The van der Waals surface area contributed by atoms with E-state index >= 15 is 12.8 Å². The van der Waals surface area contributed by atoms with Gasteiger partial charge < -0.3 is 49.5 Å². The zero-order valence-electron chi connectivity index (χ0n) is 41.7. The molecule has 4 N–H and O–H groups in total. The molecule has 392 valence electrons. The van der Waals surface area contributed by atoms with Gasteiger partial charge in [0.15, 0.2) is 11.4 Å². The summed E-state index contributed by atoms with van der Waals surface area (Å²) in [6, 6.07) is 16.9. The number of nitrogens with one attached hydrogen (secondary N) is 2. The Labute approximate surface area is 429 Å². The largest absolute Gasteiger partial charge is 0.489 e. The van der Waals surface area contributed by atoms with Gasteiger partial charge in [-0.1, -0.05) is 38.1 Å². The Morgan fingerprint density at radius 2 is 1.72 bits per heavy atom. The van der Waals surface area contributed by atoms with Gasteiger partial charge in [-0.2, -0.15) is 4.98 Å². The molecule has 2 aromatic heterocycles. The minimum absolute atomic E-state index is 0.0200. The summed E-state index contributed by atoms with van der Waals surface area (Å²) in [4.78, 5) is 40.2. The van der Waals surface area contributed by atoms with Crippen molar-refractivity contribution in [3.63, 3.8) is 0 Å². The van der Waals surface area contributed by atoms with Crippen molar-refractivity contribution in [1.82, 2.24) is 14.9 Å². The summed E-state index contributed by atoms with van der Waals surface area (Å²) in [6.07, 6.45) is 6.18. The molecule has 0 unspecified atom stereocenters. The molecule has 1 saturated carbocycles. The Kier molecular flexibility index (Phi) is 12.5. The summed E-state index contributed by atoms with van der Waals surface area (Å²) in [6.45, 7) is 8.45. The van der Waals surface area contributed by atoms with Crippen LogP contribution in [0.1, 0.15) is 98.7 Å². The highest BCUT2D eigenvalue weighted by Gasteiger charge is 2.51. The zero-order chi connectivity index (χ0) is 51.1.